The van der Waals surface area contributed by atoms with Gasteiger partial charge < -0.3 is 4.74 Å². The highest BCUT2D eigenvalue weighted by Crippen LogP contribution is 2.27. The highest BCUT2D eigenvalue weighted by Gasteiger charge is 2.10. The Bertz CT molecular complexity index is 859. The zero-order valence-corrected chi connectivity index (χ0v) is 12.9. The summed E-state index contributed by atoms with van der Waals surface area (Å²) in [6.07, 6.45) is 1.65. The van der Waals surface area contributed by atoms with Crippen LogP contribution < -0.4 is 10.1 Å². The number of anilines is 1. The molecule has 1 heterocycles. The van der Waals surface area contributed by atoms with E-state index in [9.17, 15) is 9.18 Å². The molecule has 1 N–H and O–H groups in total. The normalized spacial score (nSPS) is 10.5. The van der Waals surface area contributed by atoms with Crippen molar-refractivity contribution in [2.75, 3.05) is 11.9 Å². The van der Waals surface area contributed by atoms with Crippen molar-refractivity contribution in [3.05, 3.63) is 66.5 Å². The molecule has 3 aromatic rings. The van der Waals surface area contributed by atoms with Crippen LogP contribution in [0.3, 0.4) is 0 Å². The van der Waals surface area contributed by atoms with Crippen molar-refractivity contribution in [2.24, 2.45) is 0 Å². The molecule has 1 aromatic heterocycles. The fraction of sp³-hybridized carbons (Fsp3) is 0.0588. The number of carbonyl (C=O) groups is 1. The number of hydrogen-bond donors (Lipinski definition) is 1. The number of hydrogen-bond acceptors (Lipinski definition) is 4. The van der Waals surface area contributed by atoms with Crippen molar-refractivity contribution in [3.63, 3.8) is 0 Å². The summed E-state index contributed by atoms with van der Waals surface area (Å²) in [5.74, 6) is 0.0610. The molecule has 1 amide bonds. The van der Waals surface area contributed by atoms with Crippen LogP contribution in [-0.2, 0) is 0 Å². The number of nitrogens with zero attached hydrogens (tertiary/aromatic N) is 1. The average molecular weight is 328 g/mol. The number of fused-ring (bicyclic) bond motifs is 1. The van der Waals surface area contributed by atoms with Gasteiger partial charge >= 0.3 is 0 Å². The van der Waals surface area contributed by atoms with Crippen LogP contribution in [0.1, 0.15) is 10.4 Å². The Morgan fingerprint density at radius 3 is 2.83 bits per heavy atom. The molecular formula is C17H13FN2O2S. The van der Waals surface area contributed by atoms with Crippen LogP contribution in [0.4, 0.5) is 9.52 Å². The van der Waals surface area contributed by atoms with Crippen molar-refractivity contribution in [1.29, 1.82) is 0 Å². The fourth-order valence-electron chi connectivity index (χ4n) is 1.98. The average Bonchev–Trinajstić information content (AvgIpc) is 2.94. The predicted octanol–water partition coefficient (Wildman–Crippen LogP) is 4.25. The van der Waals surface area contributed by atoms with E-state index in [4.69, 9.17) is 4.74 Å². The number of nitrogens with one attached hydrogen (secondary N) is 1. The Hall–Kier alpha value is -2.73. The Kier molecular flexibility index (Phi) is 4.34. The number of ether oxygens (including phenoxy) is 1. The van der Waals surface area contributed by atoms with Gasteiger partial charge in [-0.15, -0.1) is 0 Å². The Balaban J connectivity index is 1.73. The van der Waals surface area contributed by atoms with Gasteiger partial charge in [0.05, 0.1) is 10.2 Å². The molecule has 0 fully saturated rings. The third-order valence-electron chi connectivity index (χ3n) is 3.06. The van der Waals surface area contributed by atoms with Gasteiger partial charge in [-0.2, -0.15) is 0 Å². The van der Waals surface area contributed by atoms with Gasteiger partial charge in [0.25, 0.3) is 5.91 Å². The number of thiazole rings is 1. The minimum absolute atomic E-state index is 0.278. The molecule has 0 aliphatic rings. The summed E-state index contributed by atoms with van der Waals surface area (Å²) in [5.41, 5.74) is 1.14. The number of aromatic nitrogens is 1. The van der Waals surface area contributed by atoms with Crippen molar-refractivity contribution in [3.8, 4) is 5.75 Å². The molecular weight excluding hydrogens is 315 g/mol. The number of halogens is 1. The molecule has 0 aliphatic heterocycles. The van der Waals surface area contributed by atoms with Crippen molar-refractivity contribution >= 4 is 32.6 Å². The summed E-state index contributed by atoms with van der Waals surface area (Å²) in [5, 5.41) is 3.15. The molecule has 4 nitrogen and oxygen atoms in total. The molecule has 0 radical (unpaired) electrons. The van der Waals surface area contributed by atoms with Gasteiger partial charge in [0.2, 0.25) is 0 Å². The first-order valence-electron chi connectivity index (χ1n) is 6.87. The van der Waals surface area contributed by atoms with Crippen LogP contribution in [0.15, 0.2) is 55.1 Å². The third-order valence-corrected chi connectivity index (χ3v) is 3.99. The number of rotatable bonds is 5. The standard InChI is InChI=1S/C17H13FN2O2S/c1-2-9-22-13-6-3-11(4-7-13)16(21)20-17-19-14-8-5-12(18)10-15(14)23-17/h2-8,10H,1,9H2,(H,19,20,21). The van der Waals surface area contributed by atoms with E-state index in [2.05, 4.69) is 16.9 Å². The number of benzene rings is 2. The summed E-state index contributed by atoms with van der Waals surface area (Å²) in [7, 11) is 0. The first kappa shape index (κ1) is 15.2. The SMILES string of the molecule is C=CCOc1ccc(C(=O)Nc2nc3ccc(F)cc3s2)cc1. The van der Waals surface area contributed by atoms with Crippen LogP contribution in [-0.4, -0.2) is 17.5 Å². The molecule has 0 saturated heterocycles. The van der Waals surface area contributed by atoms with Crippen LogP contribution in [0.25, 0.3) is 10.2 Å². The highest BCUT2D eigenvalue weighted by molar-refractivity contribution is 7.22. The minimum atomic E-state index is -0.325. The van der Waals surface area contributed by atoms with Gasteiger partial charge in [0.1, 0.15) is 18.2 Å². The summed E-state index contributed by atoms with van der Waals surface area (Å²) >= 11 is 1.23. The summed E-state index contributed by atoms with van der Waals surface area (Å²) < 4.78 is 19.2. The molecule has 0 aliphatic carbocycles. The van der Waals surface area contributed by atoms with Crippen molar-refractivity contribution in [2.45, 2.75) is 0 Å². The Morgan fingerprint density at radius 2 is 2.09 bits per heavy atom. The Labute approximate surface area is 136 Å². The number of carbonyl (C=O) groups excluding carboxylic acids is 1. The lowest BCUT2D eigenvalue weighted by atomic mass is 10.2. The lowest BCUT2D eigenvalue weighted by Crippen LogP contribution is -2.11. The lowest BCUT2D eigenvalue weighted by molar-refractivity contribution is 0.102. The van der Waals surface area contributed by atoms with Crippen LogP contribution in [0.2, 0.25) is 0 Å². The van der Waals surface area contributed by atoms with E-state index in [1.54, 1.807) is 36.4 Å². The van der Waals surface area contributed by atoms with E-state index >= 15 is 0 Å². The van der Waals surface area contributed by atoms with Crippen LogP contribution in [0, 0.1) is 5.82 Å². The molecule has 0 atom stereocenters. The van der Waals surface area contributed by atoms with Gasteiger partial charge in [-0.05, 0) is 42.5 Å². The Morgan fingerprint density at radius 1 is 1.30 bits per heavy atom. The molecule has 2 aromatic carbocycles. The van der Waals surface area contributed by atoms with Crippen LogP contribution >= 0.6 is 11.3 Å². The van der Waals surface area contributed by atoms with Gasteiger partial charge in [-0.1, -0.05) is 24.0 Å². The van der Waals surface area contributed by atoms with Crippen molar-refractivity contribution in [1.82, 2.24) is 4.98 Å². The predicted molar refractivity (Wildman–Crippen MR) is 89.7 cm³/mol. The van der Waals surface area contributed by atoms with Crippen molar-refractivity contribution < 1.29 is 13.9 Å². The van der Waals surface area contributed by atoms with Crippen LogP contribution in [0.5, 0.6) is 5.75 Å². The minimum Gasteiger partial charge on any atom is -0.490 e. The largest absolute Gasteiger partial charge is 0.490 e. The quantitative estimate of drug-likeness (QED) is 0.712. The first-order chi connectivity index (χ1) is 11.2. The second-order valence-electron chi connectivity index (χ2n) is 4.71. The smallest absolute Gasteiger partial charge is 0.257 e. The molecule has 0 unspecified atom stereocenters. The zero-order valence-electron chi connectivity index (χ0n) is 12.1. The van der Waals surface area contributed by atoms with Gasteiger partial charge in [-0.25, -0.2) is 9.37 Å². The second-order valence-corrected chi connectivity index (χ2v) is 5.74. The van der Waals surface area contributed by atoms with E-state index in [1.165, 1.54) is 23.5 Å². The van der Waals surface area contributed by atoms with Gasteiger partial charge in [0, 0.05) is 5.56 Å². The maximum absolute atomic E-state index is 13.2. The van der Waals surface area contributed by atoms with Gasteiger partial charge in [0.15, 0.2) is 5.13 Å². The summed E-state index contributed by atoms with van der Waals surface area (Å²) in [6, 6.07) is 11.1. The molecule has 3 rings (SSSR count). The third kappa shape index (κ3) is 3.54. The molecule has 0 saturated carbocycles. The zero-order chi connectivity index (χ0) is 16.2. The van der Waals surface area contributed by atoms with E-state index in [0.717, 1.165) is 0 Å². The molecule has 0 bridgehead atoms. The van der Waals surface area contributed by atoms with E-state index in [-0.39, 0.29) is 11.7 Å². The van der Waals surface area contributed by atoms with E-state index in [0.29, 0.717) is 33.3 Å². The van der Waals surface area contributed by atoms with E-state index < -0.39 is 0 Å². The molecule has 0 spiro atoms. The lowest BCUT2D eigenvalue weighted by Gasteiger charge is -2.05. The van der Waals surface area contributed by atoms with Gasteiger partial charge in [-0.3, -0.25) is 10.1 Å². The second kappa shape index (κ2) is 6.58. The monoisotopic (exact) mass is 328 g/mol. The first-order valence-corrected chi connectivity index (χ1v) is 7.68. The summed E-state index contributed by atoms with van der Waals surface area (Å²) in [4.78, 5) is 16.5. The topological polar surface area (TPSA) is 51.2 Å². The maximum atomic E-state index is 13.2. The summed E-state index contributed by atoms with van der Waals surface area (Å²) in [6.45, 7) is 3.98. The maximum Gasteiger partial charge on any atom is 0.257 e. The highest BCUT2D eigenvalue weighted by atomic mass is 32.1. The number of amides is 1. The molecule has 6 heteroatoms. The van der Waals surface area contributed by atoms with E-state index in [1.807, 2.05) is 0 Å². The fourth-order valence-corrected chi connectivity index (χ4v) is 2.86. The molecule has 23 heavy (non-hydrogen) atoms. The molecule has 116 valence electrons.